The van der Waals surface area contributed by atoms with Gasteiger partial charge < -0.3 is 9.80 Å². The van der Waals surface area contributed by atoms with Crippen molar-refractivity contribution < 1.29 is 9.72 Å². The molecule has 0 radical (unpaired) electrons. The molecule has 0 aliphatic carbocycles. The highest BCUT2D eigenvalue weighted by atomic mass is 32.1. The van der Waals surface area contributed by atoms with E-state index in [4.69, 9.17) is 0 Å². The van der Waals surface area contributed by atoms with E-state index < -0.39 is 4.92 Å². The fourth-order valence-corrected chi connectivity index (χ4v) is 4.97. The number of thiazole rings is 1. The summed E-state index contributed by atoms with van der Waals surface area (Å²) in [4.78, 5) is 34.0. The van der Waals surface area contributed by atoms with E-state index in [0.29, 0.717) is 16.6 Å². The van der Waals surface area contributed by atoms with Gasteiger partial charge in [-0.15, -0.1) is 11.3 Å². The first kappa shape index (κ1) is 19.8. The van der Waals surface area contributed by atoms with Gasteiger partial charge in [-0.05, 0) is 31.9 Å². The summed E-state index contributed by atoms with van der Waals surface area (Å²) >= 11 is 1.48. The molecule has 0 spiro atoms. The van der Waals surface area contributed by atoms with Crippen LogP contribution in [0.4, 0.5) is 16.5 Å². The number of non-ortho nitro benzene ring substituents is 1. The van der Waals surface area contributed by atoms with Gasteiger partial charge in [0.25, 0.3) is 11.6 Å². The number of benzene rings is 1. The molecule has 1 aromatic carbocycles. The lowest BCUT2D eigenvalue weighted by molar-refractivity contribution is -0.384. The predicted octanol–water partition coefficient (Wildman–Crippen LogP) is 3.53. The van der Waals surface area contributed by atoms with Crippen molar-refractivity contribution in [1.29, 1.82) is 0 Å². The Labute approximate surface area is 173 Å². The number of nitrogens with zero attached hydrogens (tertiary/aromatic N) is 4. The Bertz CT molecular complexity index is 936. The molecule has 2 aliphatic heterocycles. The van der Waals surface area contributed by atoms with Gasteiger partial charge in [0.1, 0.15) is 0 Å². The number of fused-ring (bicyclic) bond motifs is 1. The zero-order valence-electron chi connectivity index (χ0n) is 16.7. The van der Waals surface area contributed by atoms with E-state index in [2.05, 4.69) is 34.1 Å². The van der Waals surface area contributed by atoms with Gasteiger partial charge in [-0.25, -0.2) is 4.98 Å². The summed E-state index contributed by atoms with van der Waals surface area (Å²) in [6.45, 7) is 5.69. The van der Waals surface area contributed by atoms with Crippen LogP contribution >= 0.6 is 11.3 Å². The number of hydrogen-bond acceptors (Lipinski definition) is 7. The Hall–Kier alpha value is -2.52. The molecule has 0 atom stereocenters. The molecule has 2 aromatic rings. The van der Waals surface area contributed by atoms with Crippen molar-refractivity contribution in [3.8, 4) is 0 Å². The van der Waals surface area contributed by atoms with Crippen LogP contribution in [0, 0.1) is 16.0 Å². The van der Waals surface area contributed by atoms with E-state index in [9.17, 15) is 14.9 Å². The zero-order valence-corrected chi connectivity index (χ0v) is 17.5. The molecule has 1 aromatic heterocycles. The SMILES string of the molecule is CC1CCN(c2ccc([N+](=O)[O-])cc2C(=O)Nc2nc3c(s2)CN(C)CC3)CC1. The number of amides is 1. The molecule has 8 nitrogen and oxygen atoms in total. The average molecular weight is 416 g/mol. The van der Waals surface area contributed by atoms with Crippen LogP contribution in [0.5, 0.6) is 0 Å². The second-order valence-electron chi connectivity index (χ2n) is 7.96. The monoisotopic (exact) mass is 415 g/mol. The third-order valence-electron chi connectivity index (χ3n) is 5.70. The second kappa shape index (κ2) is 8.08. The molecule has 154 valence electrons. The Balaban J connectivity index is 1.61. The molecule has 1 amide bonds. The molecular weight excluding hydrogens is 390 g/mol. The highest BCUT2D eigenvalue weighted by Crippen LogP contribution is 2.32. The minimum absolute atomic E-state index is 0.0793. The van der Waals surface area contributed by atoms with Crippen LogP contribution in [-0.4, -0.2) is 47.4 Å². The smallest absolute Gasteiger partial charge is 0.270 e. The number of likely N-dealkylation sites (N-methyl/N-ethyl adjacent to an activating group) is 1. The fraction of sp³-hybridized carbons (Fsp3) is 0.500. The largest absolute Gasteiger partial charge is 0.371 e. The number of nitrogens with one attached hydrogen (secondary N) is 1. The van der Waals surface area contributed by atoms with Crippen molar-refractivity contribution in [2.24, 2.45) is 5.92 Å². The van der Waals surface area contributed by atoms with Gasteiger partial charge in [0.2, 0.25) is 0 Å². The molecule has 0 saturated carbocycles. The molecule has 29 heavy (non-hydrogen) atoms. The summed E-state index contributed by atoms with van der Waals surface area (Å²) in [5.74, 6) is 0.308. The molecular formula is C20H25N5O3S. The highest BCUT2D eigenvalue weighted by Gasteiger charge is 2.25. The van der Waals surface area contributed by atoms with Crippen molar-refractivity contribution in [2.75, 3.05) is 36.9 Å². The molecule has 9 heteroatoms. The van der Waals surface area contributed by atoms with Gasteiger partial charge in [0, 0.05) is 49.6 Å². The number of carbonyl (C=O) groups is 1. The van der Waals surface area contributed by atoms with Gasteiger partial charge in [-0.3, -0.25) is 20.2 Å². The van der Waals surface area contributed by atoms with Gasteiger partial charge in [0.15, 0.2) is 5.13 Å². The van der Waals surface area contributed by atoms with Gasteiger partial charge in [-0.1, -0.05) is 6.92 Å². The minimum atomic E-state index is -0.462. The highest BCUT2D eigenvalue weighted by molar-refractivity contribution is 7.15. The lowest BCUT2D eigenvalue weighted by atomic mass is 9.98. The number of nitro benzene ring substituents is 1. The number of rotatable bonds is 4. The molecule has 2 aliphatic rings. The molecule has 4 rings (SSSR count). The lowest BCUT2D eigenvalue weighted by Gasteiger charge is -2.33. The van der Waals surface area contributed by atoms with E-state index in [-0.39, 0.29) is 11.6 Å². The first-order valence-electron chi connectivity index (χ1n) is 9.92. The van der Waals surface area contributed by atoms with Crippen molar-refractivity contribution in [1.82, 2.24) is 9.88 Å². The average Bonchev–Trinajstić information content (AvgIpc) is 3.09. The van der Waals surface area contributed by atoms with E-state index in [1.807, 2.05) is 0 Å². The summed E-state index contributed by atoms with van der Waals surface area (Å²) in [6.07, 6.45) is 2.96. The van der Waals surface area contributed by atoms with Crippen LogP contribution < -0.4 is 10.2 Å². The van der Waals surface area contributed by atoms with Crippen molar-refractivity contribution in [3.05, 3.63) is 44.4 Å². The van der Waals surface area contributed by atoms with E-state index in [1.165, 1.54) is 28.3 Å². The van der Waals surface area contributed by atoms with Crippen molar-refractivity contribution in [2.45, 2.75) is 32.7 Å². The Morgan fingerprint density at radius 3 is 2.79 bits per heavy atom. The number of piperidine rings is 1. The first-order chi connectivity index (χ1) is 13.9. The van der Waals surface area contributed by atoms with Gasteiger partial charge in [-0.2, -0.15) is 0 Å². The number of hydrogen-bond donors (Lipinski definition) is 1. The van der Waals surface area contributed by atoms with Crippen LogP contribution in [0.15, 0.2) is 18.2 Å². The van der Waals surface area contributed by atoms with E-state index in [0.717, 1.165) is 56.8 Å². The van der Waals surface area contributed by atoms with E-state index in [1.54, 1.807) is 6.07 Å². The summed E-state index contributed by atoms with van der Waals surface area (Å²) in [5, 5.41) is 14.7. The van der Waals surface area contributed by atoms with E-state index >= 15 is 0 Å². The topological polar surface area (TPSA) is 91.6 Å². The minimum Gasteiger partial charge on any atom is -0.371 e. The summed E-state index contributed by atoms with van der Waals surface area (Å²) in [7, 11) is 2.07. The predicted molar refractivity (Wildman–Crippen MR) is 114 cm³/mol. The lowest BCUT2D eigenvalue weighted by Crippen LogP contribution is -2.34. The molecule has 3 heterocycles. The summed E-state index contributed by atoms with van der Waals surface area (Å²) in [6, 6.07) is 4.55. The van der Waals surface area contributed by atoms with Crippen LogP contribution in [0.2, 0.25) is 0 Å². The van der Waals surface area contributed by atoms with Crippen molar-refractivity contribution >= 4 is 33.8 Å². The van der Waals surface area contributed by atoms with Crippen LogP contribution in [0.25, 0.3) is 0 Å². The van der Waals surface area contributed by atoms with Crippen LogP contribution in [0.1, 0.15) is 40.7 Å². The maximum atomic E-state index is 13.1. The first-order valence-corrected chi connectivity index (χ1v) is 10.7. The van der Waals surface area contributed by atoms with Crippen molar-refractivity contribution in [3.63, 3.8) is 0 Å². The molecule has 1 N–H and O–H groups in total. The number of aromatic nitrogens is 1. The Morgan fingerprint density at radius 1 is 1.31 bits per heavy atom. The Morgan fingerprint density at radius 2 is 2.07 bits per heavy atom. The number of carbonyl (C=O) groups excluding carboxylic acids is 1. The third kappa shape index (κ3) is 4.25. The van der Waals surface area contributed by atoms with Crippen LogP contribution in [0.3, 0.4) is 0 Å². The third-order valence-corrected chi connectivity index (χ3v) is 6.70. The van der Waals surface area contributed by atoms with Crippen LogP contribution in [-0.2, 0) is 13.0 Å². The maximum absolute atomic E-state index is 13.1. The summed E-state index contributed by atoms with van der Waals surface area (Å²) in [5.41, 5.74) is 2.04. The quantitative estimate of drug-likeness (QED) is 0.607. The molecule has 1 fully saturated rings. The number of anilines is 2. The normalized spacial score (nSPS) is 17.8. The maximum Gasteiger partial charge on any atom is 0.270 e. The number of nitro groups is 1. The summed E-state index contributed by atoms with van der Waals surface area (Å²) < 4.78 is 0. The standard InChI is InChI=1S/C20H25N5O3S/c1-13-5-9-24(10-6-13)17-4-3-14(25(27)28)11-15(17)19(26)22-20-21-16-7-8-23(2)12-18(16)29-20/h3-4,11,13H,5-10,12H2,1-2H3,(H,21,22,26). The fourth-order valence-electron chi connectivity index (χ4n) is 3.89. The van der Waals surface area contributed by atoms with Gasteiger partial charge in [0.05, 0.1) is 21.9 Å². The molecule has 0 bridgehead atoms. The molecule has 1 saturated heterocycles. The second-order valence-corrected chi connectivity index (χ2v) is 9.04. The van der Waals surface area contributed by atoms with Gasteiger partial charge >= 0.3 is 0 Å². The molecule has 0 unspecified atom stereocenters. The Kier molecular flexibility index (Phi) is 5.51. The zero-order chi connectivity index (χ0) is 20.5.